The monoisotopic (exact) mass is 404 g/mol. The van der Waals surface area contributed by atoms with Crippen LogP contribution in [0.5, 0.6) is 0 Å². The van der Waals surface area contributed by atoms with E-state index in [1.807, 2.05) is 7.05 Å². The maximum atomic E-state index is 11.4. The van der Waals surface area contributed by atoms with E-state index >= 15 is 0 Å². The minimum atomic E-state index is -0.123. The molecular weight excluding hydrogens is 364 g/mol. The van der Waals surface area contributed by atoms with Crippen LogP contribution < -0.4 is 0 Å². The van der Waals surface area contributed by atoms with Crippen molar-refractivity contribution < 1.29 is 9.53 Å². The fraction of sp³-hybridized carbons (Fsp3) is 0.958. The van der Waals surface area contributed by atoms with Crippen LogP contribution in [0, 0.1) is 45.3 Å². The Morgan fingerprint density at radius 2 is 1.72 bits per heavy atom. The first-order valence-electron chi connectivity index (χ1n) is 11.9. The fourth-order valence-electron chi connectivity index (χ4n) is 8.73. The molecule has 29 heavy (non-hydrogen) atoms. The van der Waals surface area contributed by atoms with Gasteiger partial charge in [-0.15, -0.1) is 4.91 Å². The Morgan fingerprint density at radius 3 is 2.41 bits per heavy atom. The largest absolute Gasteiger partial charge is 0.463 e. The van der Waals surface area contributed by atoms with Gasteiger partial charge in [0.25, 0.3) is 0 Å². The number of carbonyl (C=O) groups is 1. The summed E-state index contributed by atoms with van der Waals surface area (Å²) in [4.78, 5) is 22.6. The van der Waals surface area contributed by atoms with Crippen molar-refractivity contribution in [3.05, 3.63) is 4.91 Å². The third kappa shape index (κ3) is 3.31. The van der Waals surface area contributed by atoms with Gasteiger partial charge < -0.3 is 4.74 Å². The minimum Gasteiger partial charge on any atom is -0.463 e. The molecule has 8 unspecified atom stereocenters. The summed E-state index contributed by atoms with van der Waals surface area (Å²) in [5.41, 5.74) is 0.753. The lowest BCUT2D eigenvalue weighted by Crippen LogP contribution is -2.55. The smallest absolute Gasteiger partial charge is 0.302 e. The van der Waals surface area contributed by atoms with E-state index < -0.39 is 0 Å². The lowest BCUT2D eigenvalue weighted by Gasteiger charge is -2.61. The molecule has 0 saturated heterocycles. The lowest BCUT2D eigenvalue weighted by molar-refractivity contribution is -0.160. The molecule has 0 amide bonds. The molecule has 0 heterocycles. The average molecular weight is 405 g/mol. The number of nitrogens with zero attached hydrogens (tertiary/aromatic N) is 2. The molecule has 0 N–H and O–H groups in total. The van der Waals surface area contributed by atoms with Crippen LogP contribution in [0.2, 0.25) is 0 Å². The summed E-state index contributed by atoms with van der Waals surface area (Å²) in [6.45, 7) is 8.81. The van der Waals surface area contributed by atoms with Gasteiger partial charge in [0.15, 0.2) is 0 Å². The molecule has 0 spiro atoms. The quantitative estimate of drug-likeness (QED) is 0.349. The topological polar surface area (TPSA) is 59.0 Å². The number of esters is 1. The van der Waals surface area contributed by atoms with Crippen molar-refractivity contribution in [2.24, 2.45) is 45.7 Å². The van der Waals surface area contributed by atoms with Gasteiger partial charge in [0.1, 0.15) is 6.10 Å². The summed E-state index contributed by atoms with van der Waals surface area (Å²) >= 11 is 0. The third-order valence-corrected chi connectivity index (χ3v) is 10.3. The second-order valence-corrected chi connectivity index (χ2v) is 11.3. The van der Waals surface area contributed by atoms with Crippen LogP contribution in [-0.4, -0.2) is 30.2 Å². The zero-order valence-electron chi connectivity index (χ0n) is 19.0. The van der Waals surface area contributed by atoms with Crippen LogP contribution in [0.3, 0.4) is 0 Å². The fourth-order valence-corrected chi connectivity index (χ4v) is 8.73. The standard InChI is InChI=1S/C24H40N2O3/c1-15(26(5)25-28)20-8-9-21-19-7-6-17-14-18(29-16(2)27)10-12-23(17,3)22(19)11-13-24(20,21)4/h15,17-22H,6-14H2,1-5H3/t15?,17-,18?,19?,20?,21?,22?,23?,24?/m0/s1. The van der Waals surface area contributed by atoms with Crippen molar-refractivity contribution in [3.8, 4) is 0 Å². The van der Waals surface area contributed by atoms with E-state index in [0.717, 1.165) is 30.6 Å². The highest BCUT2D eigenvalue weighted by Gasteiger charge is 2.61. The van der Waals surface area contributed by atoms with Crippen LogP contribution in [0.15, 0.2) is 5.29 Å². The third-order valence-electron chi connectivity index (χ3n) is 10.3. The van der Waals surface area contributed by atoms with Gasteiger partial charge in [-0.3, -0.25) is 9.80 Å². The van der Waals surface area contributed by atoms with Crippen LogP contribution >= 0.6 is 0 Å². The van der Waals surface area contributed by atoms with Crippen molar-refractivity contribution in [1.29, 1.82) is 0 Å². The Bertz CT molecular complexity index is 654. The number of hydrogen-bond donors (Lipinski definition) is 0. The van der Waals surface area contributed by atoms with E-state index in [1.54, 1.807) is 11.9 Å². The van der Waals surface area contributed by atoms with Crippen LogP contribution in [0.4, 0.5) is 0 Å². The number of hydrogen-bond acceptors (Lipinski definition) is 4. The molecule has 0 bridgehead atoms. The summed E-state index contributed by atoms with van der Waals surface area (Å²) < 4.78 is 5.60. The van der Waals surface area contributed by atoms with Crippen LogP contribution in [-0.2, 0) is 9.53 Å². The molecule has 0 aromatic heterocycles. The molecule has 164 valence electrons. The van der Waals surface area contributed by atoms with Crippen molar-refractivity contribution in [1.82, 2.24) is 5.01 Å². The molecule has 4 saturated carbocycles. The normalized spacial score (nSPS) is 47.3. The van der Waals surface area contributed by atoms with E-state index in [0.29, 0.717) is 22.7 Å². The van der Waals surface area contributed by atoms with Gasteiger partial charge in [-0.2, -0.15) is 0 Å². The first-order chi connectivity index (χ1) is 13.7. The summed E-state index contributed by atoms with van der Waals surface area (Å²) in [6, 6.07) is 0.227. The Balaban J connectivity index is 1.51. The van der Waals surface area contributed by atoms with E-state index in [9.17, 15) is 9.70 Å². The number of rotatable bonds is 4. The Hall–Kier alpha value is -1.13. The predicted octanol–water partition coefficient (Wildman–Crippen LogP) is 5.58. The van der Waals surface area contributed by atoms with Gasteiger partial charge in [-0.05, 0) is 105 Å². The summed E-state index contributed by atoms with van der Waals surface area (Å²) in [5.74, 6) is 3.58. The lowest BCUT2D eigenvalue weighted by atomic mass is 9.44. The van der Waals surface area contributed by atoms with Gasteiger partial charge in [-0.25, -0.2) is 0 Å². The molecule has 9 atom stereocenters. The highest BCUT2D eigenvalue weighted by Crippen LogP contribution is 2.68. The first kappa shape index (κ1) is 21.1. The SMILES string of the molecule is CC(=O)OC1CCC2(C)C3CCC4(C)C(CCC4C(C)N(C)N=O)C3CC[C@H]2C1. The van der Waals surface area contributed by atoms with Gasteiger partial charge in [0.2, 0.25) is 0 Å². The predicted molar refractivity (Wildman–Crippen MR) is 114 cm³/mol. The zero-order valence-corrected chi connectivity index (χ0v) is 19.0. The first-order valence-corrected chi connectivity index (χ1v) is 11.9. The molecular formula is C24H40N2O3. The van der Waals surface area contributed by atoms with Gasteiger partial charge >= 0.3 is 5.97 Å². The Kier molecular flexibility index (Phi) is 5.48. The summed E-state index contributed by atoms with van der Waals surface area (Å²) in [6.07, 6.45) is 11.2. The summed E-state index contributed by atoms with van der Waals surface area (Å²) in [7, 11) is 1.84. The number of fused-ring (bicyclic) bond motifs is 5. The van der Waals surface area contributed by atoms with E-state index in [1.165, 1.54) is 44.9 Å². The maximum absolute atomic E-state index is 11.4. The van der Waals surface area contributed by atoms with Crippen molar-refractivity contribution in [2.75, 3.05) is 7.05 Å². The minimum absolute atomic E-state index is 0.123. The molecule has 4 fully saturated rings. The molecule has 4 aliphatic carbocycles. The van der Waals surface area contributed by atoms with Crippen molar-refractivity contribution >= 4 is 5.97 Å². The highest BCUT2D eigenvalue weighted by molar-refractivity contribution is 5.66. The second-order valence-electron chi connectivity index (χ2n) is 11.3. The van der Waals surface area contributed by atoms with E-state index in [-0.39, 0.29) is 18.1 Å². The molecule has 0 aliphatic heterocycles. The molecule has 5 nitrogen and oxygen atoms in total. The number of carbonyl (C=O) groups excluding carboxylic acids is 1. The maximum Gasteiger partial charge on any atom is 0.302 e. The van der Waals surface area contributed by atoms with Gasteiger partial charge in [0.05, 0.1) is 11.3 Å². The summed E-state index contributed by atoms with van der Waals surface area (Å²) in [5, 5.41) is 4.87. The Labute approximate surface area is 176 Å². The van der Waals surface area contributed by atoms with Crippen molar-refractivity contribution in [2.45, 2.75) is 97.6 Å². The number of ether oxygens (including phenoxy) is 1. The highest BCUT2D eigenvalue weighted by atomic mass is 16.5. The van der Waals surface area contributed by atoms with Gasteiger partial charge in [0, 0.05) is 14.0 Å². The second kappa shape index (κ2) is 7.53. The van der Waals surface area contributed by atoms with Gasteiger partial charge in [-0.1, -0.05) is 13.8 Å². The van der Waals surface area contributed by atoms with Crippen LogP contribution in [0.25, 0.3) is 0 Å². The Morgan fingerprint density at radius 1 is 1.03 bits per heavy atom. The van der Waals surface area contributed by atoms with Crippen LogP contribution in [0.1, 0.15) is 85.5 Å². The average Bonchev–Trinajstić information content (AvgIpc) is 3.03. The van der Waals surface area contributed by atoms with E-state index in [4.69, 9.17) is 4.74 Å². The molecule has 4 rings (SSSR count). The van der Waals surface area contributed by atoms with Crippen molar-refractivity contribution in [3.63, 3.8) is 0 Å². The molecule has 0 aromatic carbocycles. The molecule has 0 aromatic rings. The zero-order chi connectivity index (χ0) is 21.0. The molecule has 5 heteroatoms. The molecule has 0 radical (unpaired) electrons. The van der Waals surface area contributed by atoms with E-state index in [2.05, 4.69) is 26.1 Å². The molecule has 4 aliphatic rings. The number of nitroso groups, excluding NO2 is 1.